The van der Waals surface area contributed by atoms with Crippen molar-refractivity contribution < 1.29 is 45.4 Å². The fourth-order valence-electron chi connectivity index (χ4n) is 2.90. The van der Waals surface area contributed by atoms with Gasteiger partial charge < -0.3 is 9.47 Å². The molecule has 1 atom stereocenters. The van der Waals surface area contributed by atoms with Crippen LogP contribution in [0.4, 0.5) is 26.3 Å². The lowest BCUT2D eigenvalue weighted by Gasteiger charge is -2.40. The van der Waals surface area contributed by atoms with Gasteiger partial charge in [0.1, 0.15) is 11.7 Å². The first-order chi connectivity index (χ1) is 11.6. The maximum atomic E-state index is 13.6. The second-order valence-electron chi connectivity index (χ2n) is 6.68. The Bertz CT molecular complexity index is 558. The Hall–Kier alpha value is -1.74. The summed E-state index contributed by atoms with van der Waals surface area (Å²) in [6, 6.07) is 0. The molecule has 26 heavy (non-hydrogen) atoms. The molecule has 0 aromatic heterocycles. The van der Waals surface area contributed by atoms with Gasteiger partial charge in [0.15, 0.2) is 0 Å². The van der Waals surface area contributed by atoms with Crippen LogP contribution in [0.3, 0.4) is 0 Å². The Morgan fingerprint density at radius 1 is 1.04 bits per heavy atom. The van der Waals surface area contributed by atoms with E-state index in [4.69, 9.17) is 0 Å². The Kier molecular flexibility index (Phi) is 6.10. The predicted octanol–water partition coefficient (Wildman–Crippen LogP) is 4.48. The van der Waals surface area contributed by atoms with Gasteiger partial charge in [0.05, 0.1) is 0 Å². The molecule has 4 nitrogen and oxygen atoms in total. The number of ether oxygens (including phenoxy) is 2. The largest absolute Gasteiger partial charge is 0.458 e. The van der Waals surface area contributed by atoms with Crippen molar-refractivity contribution in [2.24, 2.45) is 5.41 Å². The standard InChI is InChI=1S/C16H20F6O4/c1-9(2)11(23)25-10(3)14(15(17,18)19,16(20,21)22)12(24)26-13(4)7-5-6-8-13/h10H,1,5-8H2,2-4H3. The third-order valence-electron chi connectivity index (χ3n) is 4.46. The molecule has 1 unspecified atom stereocenters. The van der Waals surface area contributed by atoms with Crippen molar-refractivity contribution in [1.82, 2.24) is 0 Å². The summed E-state index contributed by atoms with van der Waals surface area (Å²) in [4.78, 5) is 23.7. The average molecular weight is 390 g/mol. The van der Waals surface area contributed by atoms with Crippen LogP contribution in [0.15, 0.2) is 12.2 Å². The molecule has 150 valence electrons. The molecular weight excluding hydrogens is 370 g/mol. The molecule has 1 saturated carbocycles. The summed E-state index contributed by atoms with van der Waals surface area (Å²) in [5, 5.41) is 0. The van der Waals surface area contributed by atoms with E-state index >= 15 is 0 Å². The lowest BCUT2D eigenvalue weighted by molar-refractivity contribution is -0.355. The third-order valence-corrected chi connectivity index (χ3v) is 4.46. The van der Waals surface area contributed by atoms with Crippen LogP contribution in [0, 0.1) is 5.41 Å². The van der Waals surface area contributed by atoms with Crippen molar-refractivity contribution in [2.75, 3.05) is 0 Å². The Morgan fingerprint density at radius 2 is 1.46 bits per heavy atom. The number of halogens is 6. The zero-order valence-electron chi connectivity index (χ0n) is 14.5. The number of carbonyl (C=O) groups is 2. The summed E-state index contributed by atoms with van der Waals surface area (Å²) in [5.74, 6) is -4.00. The van der Waals surface area contributed by atoms with Crippen molar-refractivity contribution >= 4 is 11.9 Å². The van der Waals surface area contributed by atoms with Gasteiger partial charge in [-0.15, -0.1) is 0 Å². The van der Waals surface area contributed by atoms with Crippen LogP contribution < -0.4 is 0 Å². The van der Waals surface area contributed by atoms with E-state index in [2.05, 4.69) is 16.1 Å². The minimum atomic E-state index is -6.11. The summed E-state index contributed by atoms with van der Waals surface area (Å²) in [7, 11) is 0. The second kappa shape index (κ2) is 7.11. The maximum Gasteiger partial charge on any atom is 0.417 e. The molecule has 0 N–H and O–H groups in total. The predicted molar refractivity (Wildman–Crippen MR) is 77.9 cm³/mol. The molecule has 1 rings (SSSR count). The van der Waals surface area contributed by atoms with Gasteiger partial charge in [0, 0.05) is 5.57 Å². The van der Waals surface area contributed by atoms with E-state index in [9.17, 15) is 35.9 Å². The molecule has 0 aromatic carbocycles. The molecule has 0 heterocycles. The highest BCUT2D eigenvalue weighted by molar-refractivity contribution is 5.88. The molecule has 0 bridgehead atoms. The molecular formula is C16H20F6O4. The minimum absolute atomic E-state index is 0.143. The van der Waals surface area contributed by atoms with E-state index in [1.165, 1.54) is 6.92 Å². The SMILES string of the molecule is C=C(C)C(=O)OC(C)C(C(=O)OC1(C)CCCC1)(C(F)(F)F)C(F)(F)F. The van der Waals surface area contributed by atoms with E-state index in [-0.39, 0.29) is 12.8 Å². The molecule has 1 fully saturated rings. The van der Waals surface area contributed by atoms with Crippen molar-refractivity contribution in [3.05, 3.63) is 12.2 Å². The zero-order valence-corrected chi connectivity index (χ0v) is 14.5. The van der Waals surface area contributed by atoms with Crippen LogP contribution in [-0.4, -0.2) is 36.0 Å². The average Bonchev–Trinajstić information content (AvgIpc) is 2.81. The van der Waals surface area contributed by atoms with E-state index in [0.29, 0.717) is 19.8 Å². The fraction of sp³-hybridized carbons (Fsp3) is 0.750. The number of rotatable bonds is 5. The number of alkyl halides is 6. The molecule has 0 aromatic rings. The van der Waals surface area contributed by atoms with Crippen LogP contribution in [0.25, 0.3) is 0 Å². The van der Waals surface area contributed by atoms with Crippen LogP contribution in [0.1, 0.15) is 46.5 Å². The second-order valence-corrected chi connectivity index (χ2v) is 6.68. The summed E-state index contributed by atoms with van der Waals surface area (Å²) < 4.78 is 90.5. The zero-order chi connectivity index (χ0) is 20.6. The topological polar surface area (TPSA) is 52.6 Å². The van der Waals surface area contributed by atoms with E-state index in [1.807, 2.05) is 0 Å². The van der Waals surface area contributed by atoms with Gasteiger partial charge in [0.2, 0.25) is 0 Å². The first-order valence-corrected chi connectivity index (χ1v) is 7.82. The lowest BCUT2D eigenvalue weighted by Crippen LogP contribution is -2.64. The molecule has 1 aliphatic carbocycles. The van der Waals surface area contributed by atoms with E-state index in [1.54, 1.807) is 0 Å². The molecule has 1 aliphatic rings. The van der Waals surface area contributed by atoms with Crippen LogP contribution >= 0.6 is 0 Å². The quantitative estimate of drug-likeness (QED) is 0.395. The molecule has 0 aliphatic heterocycles. The highest BCUT2D eigenvalue weighted by Gasteiger charge is 2.80. The van der Waals surface area contributed by atoms with Gasteiger partial charge in [-0.25, -0.2) is 4.79 Å². The Morgan fingerprint density at radius 3 is 1.81 bits per heavy atom. The highest BCUT2D eigenvalue weighted by atomic mass is 19.4. The first kappa shape index (κ1) is 22.3. The molecule has 0 radical (unpaired) electrons. The summed E-state index contributed by atoms with van der Waals surface area (Å²) in [6.45, 7) is 5.79. The number of carbonyl (C=O) groups excluding carboxylic acids is 2. The first-order valence-electron chi connectivity index (χ1n) is 7.82. The number of hydrogen-bond donors (Lipinski definition) is 0. The summed E-state index contributed by atoms with van der Waals surface area (Å²) >= 11 is 0. The minimum Gasteiger partial charge on any atom is -0.458 e. The lowest BCUT2D eigenvalue weighted by atomic mass is 9.80. The number of hydrogen-bond acceptors (Lipinski definition) is 4. The summed E-state index contributed by atoms with van der Waals surface area (Å²) in [5.41, 5.74) is -6.85. The van der Waals surface area contributed by atoms with E-state index in [0.717, 1.165) is 6.92 Å². The van der Waals surface area contributed by atoms with Crippen LogP contribution in [0.5, 0.6) is 0 Å². The molecule has 0 amide bonds. The fourth-order valence-corrected chi connectivity index (χ4v) is 2.90. The van der Waals surface area contributed by atoms with Gasteiger partial charge in [-0.2, -0.15) is 26.3 Å². The maximum absolute atomic E-state index is 13.6. The van der Waals surface area contributed by atoms with Gasteiger partial charge in [-0.3, -0.25) is 4.79 Å². The normalized spacial score (nSPS) is 19.0. The van der Waals surface area contributed by atoms with Crippen molar-refractivity contribution in [1.29, 1.82) is 0 Å². The van der Waals surface area contributed by atoms with Gasteiger partial charge in [-0.1, -0.05) is 6.58 Å². The molecule has 10 heteroatoms. The Labute approximate surface area is 146 Å². The van der Waals surface area contributed by atoms with Crippen LogP contribution in [-0.2, 0) is 19.1 Å². The van der Waals surface area contributed by atoms with E-state index < -0.39 is 47.0 Å². The van der Waals surface area contributed by atoms with Crippen LogP contribution in [0.2, 0.25) is 0 Å². The monoisotopic (exact) mass is 390 g/mol. The van der Waals surface area contributed by atoms with Gasteiger partial charge in [0.25, 0.3) is 5.41 Å². The third kappa shape index (κ3) is 3.98. The summed E-state index contributed by atoms with van der Waals surface area (Å²) in [6.07, 6.45) is -13.8. The van der Waals surface area contributed by atoms with Gasteiger partial charge in [-0.05, 0) is 46.5 Å². The van der Waals surface area contributed by atoms with Crippen molar-refractivity contribution in [2.45, 2.75) is 70.5 Å². The Balaban J connectivity index is 3.42. The van der Waals surface area contributed by atoms with Crippen molar-refractivity contribution in [3.8, 4) is 0 Å². The van der Waals surface area contributed by atoms with Crippen molar-refractivity contribution in [3.63, 3.8) is 0 Å². The van der Waals surface area contributed by atoms with Gasteiger partial charge >= 0.3 is 24.3 Å². The smallest absolute Gasteiger partial charge is 0.417 e. The molecule has 0 spiro atoms. The number of esters is 2. The molecule has 0 saturated heterocycles. The highest BCUT2D eigenvalue weighted by Crippen LogP contribution is 2.55.